The first-order chi connectivity index (χ1) is 12.0. The third kappa shape index (κ3) is 4.11. The van der Waals surface area contributed by atoms with E-state index in [1.807, 2.05) is 0 Å². The van der Waals surface area contributed by atoms with Crippen molar-refractivity contribution in [3.63, 3.8) is 0 Å². The molecule has 3 rings (SSSR count). The fourth-order valence-electron chi connectivity index (χ4n) is 2.64. The van der Waals surface area contributed by atoms with Crippen LogP contribution >= 0.6 is 0 Å². The number of nitrogens with zero attached hydrogens (tertiary/aromatic N) is 2. The first-order valence-electron chi connectivity index (χ1n) is 8.09. The van der Waals surface area contributed by atoms with E-state index in [1.165, 1.54) is 12.3 Å². The van der Waals surface area contributed by atoms with Gasteiger partial charge < -0.3 is 15.0 Å². The third-order valence-electron chi connectivity index (χ3n) is 4.14. The second-order valence-corrected chi connectivity index (χ2v) is 5.87. The lowest BCUT2D eigenvalue weighted by atomic mass is 10.1. The van der Waals surface area contributed by atoms with Gasteiger partial charge in [-0.05, 0) is 36.8 Å². The second-order valence-electron chi connectivity index (χ2n) is 5.87. The Morgan fingerprint density at radius 3 is 2.60 bits per heavy atom. The number of carbonyl (C=O) groups is 1. The van der Waals surface area contributed by atoms with Gasteiger partial charge in [0.1, 0.15) is 5.82 Å². The zero-order valence-corrected chi connectivity index (χ0v) is 13.8. The molecule has 1 aliphatic rings. The van der Waals surface area contributed by atoms with Crippen LogP contribution in [0.4, 0.5) is 14.6 Å². The number of halogens is 2. The largest absolute Gasteiger partial charge is 0.378 e. The molecule has 0 radical (unpaired) electrons. The SMILES string of the molecule is C[C@H](NC(=O)c1ccc(N2CCOCC2)nc1)c1ccc(F)c(F)c1. The highest BCUT2D eigenvalue weighted by Gasteiger charge is 2.16. The van der Waals surface area contributed by atoms with Gasteiger partial charge in [0.15, 0.2) is 11.6 Å². The van der Waals surface area contributed by atoms with Gasteiger partial charge in [0.25, 0.3) is 5.91 Å². The van der Waals surface area contributed by atoms with Gasteiger partial charge in [-0.3, -0.25) is 4.79 Å². The molecule has 0 saturated carbocycles. The Balaban J connectivity index is 1.65. The van der Waals surface area contributed by atoms with E-state index in [4.69, 9.17) is 4.74 Å². The molecule has 132 valence electrons. The summed E-state index contributed by atoms with van der Waals surface area (Å²) in [5.74, 6) is -1.37. The van der Waals surface area contributed by atoms with Crippen molar-refractivity contribution in [2.24, 2.45) is 0 Å². The smallest absolute Gasteiger partial charge is 0.253 e. The van der Waals surface area contributed by atoms with Crippen LogP contribution < -0.4 is 10.2 Å². The molecule has 0 unspecified atom stereocenters. The first kappa shape index (κ1) is 17.3. The predicted molar refractivity (Wildman–Crippen MR) is 89.5 cm³/mol. The van der Waals surface area contributed by atoms with E-state index in [0.717, 1.165) is 31.0 Å². The van der Waals surface area contributed by atoms with Crippen LogP contribution in [0, 0.1) is 11.6 Å². The molecular weight excluding hydrogens is 328 g/mol. The number of hydrogen-bond donors (Lipinski definition) is 1. The summed E-state index contributed by atoms with van der Waals surface area (Å²) in [6.07, 6.45) is 1.51. The summed E-state index contributed by atoms with van der Waals surface area (Å²) in [7, 11) is 0. The molecule has 2 heterocycles. The minimum absolute atomic E-state index is 0.321. The lowest BCUT2D eigenvalue weighted by molar-refractivity contribution is 0.0939. The molecule has 1 N–H and O–H groups in total. The maximum Gasteiger partial charge on any atom is 0.253 e. The summed E-state index contributed by atoms with van der Waals surface area (Å²) in [6, 6.07) is 6.62. The van der Waals surface area contributed by atoms with Crippen molar-refractivity contribution in [3.8, 4) is 0 Å². The highest BCUT2D eigenvalue weighted by atomic mass is 19.2. The highest BCUT2D eigenvalue weighted by Crippen LogP contribution is 2.17. The molecular formula is C18H19F2N3O2. The van der Waals surface area contributed by atoms with Crippen molar-refractivity contribution in [1.82, 2.24) is 10.3 Å². The normalized spacial score (nSPS) is 15.7. The van der Waals surface area contributed by atoms with E-state index < -0.39 is 17.7 Å². The zero-order chi connectivity index (χ0) is 17.8. The van der Waals surface area contributed by atoms with Crippen LogP contribution in [0.1, 0.15) is 28.9 Å². The van der Waals surface area contributed by atoms with Crippen LogP contribution in [0.5, 0.6) is 0 Å². The summed E-state index contributed by atoms with van der Waals surface area (Å²) >= 11 is 0. The van der Waals surface area contributed by atoms with Crippen molar-refractivity contribution >= 4 is 11.7 Å². The van der Waals surface area contributed by atoms with Crippen LogP contribution in [-0.4, -0.2) is 37.2 Å². The lowest BCUT2D eigenvalue weighted by Gasteiger charge is -2.27. The summed E-state index contributed by atoms with van der Waals surface area (Å²) < 4.78 is 31.6. The van der Waals surface area contributed by atoms with Crippen LogP contribution in [0.15, 0.2) is 36.5 Å². The molecule has 2 aromatic rings. The van der Waals surface area contributed by atoms with Gasteiger partial charge in [-0.1, -0.05) is 6.07 Å². The van der Waals surface area contributed by atoms with Crippen molar-refractivity contribution < 1.29 is 18.3 Å². The van der Waals surface area contributed by atoms with Gasteiger partial charge in [-0.25, -0.2) is 13.8 Å². The van der Waals surface area contributed by atoms with Crippen molar-refractivity contribution in [3.05, 3.63) is 59.3 Å². The Morgan fingerprint density at radius 2 is 1.96 bits per heavy atom. The minimum Gasteiger partial charge on any atom is -0.378 e. The van der Waals surface area contributed by atoms with Gasteiger partial charge in [-0.2, -0.15) is 0 Å². The monoisotopic (exact) mass is 347 g/mol. The molecule has 1 saturated heterocycles. The van der Waals surface area contributed by atoms with Gasteiger partial charge >= 0.3 is 0 Å². The van der Waals surface area contributed by atoms with E-state index in [2.05, 4.69) is 15.2 Å². The molecule has 0 spiro atoms. The average molecular weight is 347 g/mol. The van der Waals surface area contributed by atoms with E-state index in [-0.39, 0.29) is 5.91 Å². The zero-order valence-electron chi connectivity index (χ0n) is 13.8. The van der Waals surface area contributed by atoms with Gasteiger partial charge in [-0.15, -0.1) is 0 Å². The molecule has 1 amide bonds. The van der Waals surface area contributed by atoms with Crippen molar-refractivity contribution in [2.45, 2.75) is 13.0 Å². The molecule has 1 aromatic heterocycles. The fourth-order valence-corrected chi connectivity index (χ4v) is 2.64. The number of rotatable bonds is 4. The molecule has 7 heteroatoms. The molecule has 1 fully saturated rings. The van der Waals surface area contributed by atoms with Gasteiger partial charge in [0.2, 0.25) is 0 Å². The number of aromatic nitrogens is 1. The second kappa shape index (κ2) is 7.57. The fraction of sp³-hybridized carbons (Fsp3) is 0.333. The average Bonchev–Trinajstić information content (AvgIpc) is 2.64. The number of morpholine rings is 1. The summed E-state index contributed by atoms with van der Waals surface area (Å²) in [5, 5.41) is 2.76. The number of benzene rings is 1. The number of hydrogen-bond acceptors (Lipinski definition) is 4. The minimum atomic E-state index is -0.935. The summed E-state index contributed by atoms with van der Waals surface area (Å²) in [6.45, 7) is 4.57. The Bertz CT molecular complexity index is 746. The Morgan fingerprint density at radius 1 is 1.20 bits per heavy atom. The van der Waals surface area contributed by atoms with Crippen LogP contribution in [0.25, 0.3) is 0 Å². The molecule has 5 nitrogen and oxygen atoms in total. The third-order valence-corrected chi connectivity index (χ3v) is 4.14. The Kier molecular flexibility index (Phi) is 5.23. The van der Waals surface area contributed by atoms with Crippen LogP contribution in [0.3, 0.4) is 0 Å². The number of amides is 1. The lowest BCUT2D eigenvalue weighted by Crippen LogP contribution is -2.36. The number of nitrogens with one attached hydrogen (secondary N) is 1. The van der Waals surface area contributed by atoms with E-state index in [0.29, 0.717) is 24.3 Å². The highest BCUT2D eigenvalue weighted by molar-refractivity contribution is 5.94. The van der Waals surface area contributed by atoms with Crippen LogP contribution in [-0.2, 0) is 4.74 Å². The summed E-state index contributed by atoms with van der Waals surface area (Å²) in [4.78, 5) is 18.7. The van der Waals surface area contributed by atoms with Crippen molar-refractivity contribution in [1.29, 1.82) is 0 Å². The summed E-state index contributed by atoms with van der Waals surface area (Å²) in [5.41, 5.74) is 0.900. The van der Waals surface area contributed by atoms with Gasteiger partial charge in [0.05, 0.1) is 24.8 Å². The van der Waals surface area contributed by atoms with Crippen molar-refractivity contribution in [2.75, 3.05) is 31.2 Å². The molecule has 0 bridgehead atoms. The number of anilines is 1. The topological polar surface area (TPSA) is 54.5 Å². The molecule has 1 atom stereocenters. The molecule has 1 aromatic carbocycles. The number of carbonyl (C=O) groups excluding carboxylic acids is 1. The maximum atomic E-state index is 13.3. The van der Waals surface area contributed by atoms with Gasteiger partial charge in [0, 0.05) is 19.3 Å². The Hall–Kier alpha value is -2.54. The van der Waals surface area contributed by atoms with E-state index >= 15 is 0 Å². The van der Waals surface area contributed by atoms with Crippen LogP contribution in [0.2, 0.25) is 0 Å². The standard InChI is InChI=1S/C18H19F2N3O2/c1-12(13-2-4-15(19)16(20)10-13)22-18(24)14-3-5-17(21-11-14)23-6-8-25-9-7-23/h2-5,10-12H,6-9H2,1H3,(H,22,24)/t12-/m0/s1. The molecule has 0 aliphatic carbocycles. The molecule has 25 heavy (non-hydrogen) atoms. The number of pyridine rings is 1. The Labute approximate surface area is 144 Å². The van der Waals surface area contributed by atoms with E-state index in [1.54, 1.807) is 19.1 Å². The van der Waals surface area contributed by atoms with E-state index in [9.17, 15) is 13.6 Å². The quantitative estimate of drug-likeness (QED) is 0.924. The molecule has 1 aliphatic heterocycles. The predicted octanol–water partition coefficient (Wildman–Crippen LogP) is 2.69. The number of ether oxygens (including phenoxy) is 1. The first-order valence-corrected chi connectivity index (χ1v) is 8.09. The maximum absolute atomic E-state index is 13.3.